The van der Waals surface area contributed by atoms with Crippen LogP contribution in [0.1, 0.15) is 19.8 Å². The molecule has 1 rings (SSSR count). The van der Waals surface area contributed by atoms with Gasteiger partial charge in [0.15, 0.2) is 0 Å². The van der Waals surface area contributed by atoms with Crippen LogP contribution in [0.5, 0.6) is 0 Å². The molecule has 10 heavy (non-hydrogen) atoms. The highest BCUT2D eigenvalue weighted by Crippen LogP contribution is 2.27. The van der Waals surface area contributed by atoms with Crippen LogP contribution in [0, 0.1) is 5.92 Å². The van der Waals surface area contributed by atoms with Gasteiger partial charge in [-0.1, -0.05) is 6.92 Å². The SMILES string of the molecule is CC1CCCN(SI)C1=O. The van der Waals surface area contributed by atoms with Crippen LogP contribution < -0.4 is 0 Å². The fourth-order valence-electron chi connectivity index (χ4n) is 1.09. The van der Waals surface area contributed by atoms with E-state index in [0.717, 1.165) is 19.4 Å². The normalized spacial score (nSPS) is 27.2. The summed E-state index contributed by atoms with van der Waals surface area (Å²) >= 11 is 2.15. The van der Waals surface area contributed by atoms with Crippen LogP contribution in [0.15, 0.2) is 0 Å². The first kappa shape index (κ1) is 8.64. The molecule has 0 aliphatic carbocycles. The molecule has 1 saturated heterocycles. The Morgan fingerprint density at radius 3 is 3.00 bits per heavy atom. The molecule has 0 aromatic heterocycles. The van der Waals surface area contributed by atoms with Crippen LogP contribution in [0.3, 0.4) is 0 Å². The third-order valence-electron chi connectivity index (χ3n) is 1.75. The van der Waals surface area contributed by atoms with Crippen LogP contribution in [0.2, 0.25) is 0 Å². The lowest BCUT2D eigenvalue weighted by Gasteiger charge is -2.26. The Bertz CT molecular complexity index is 142. The summed E-state index contributed by atoms with van der Waals surface area (Å²) in [5, 5.41) is 0. The smallest absolute Gasteiger partial charge is 0.235 e. The molecule has 0 saturated carbocycles. The average molecular weight is 271 g/mol. The molecule has 1 aliphatic rings. The Balaban J connectivity index is 2.51. The monoisotopic (exact) mass is 271 g/mol. The molecule has 1 heterocycles. The summed E-state index contributed by atoms with van der Waals surface area (Å²) < 4.78 is 1.84. The maximum Gasteiger partial charge on any atom is 0.235 e. The van der Waals surface area contributed by atoms with Crippen molar-refractivity contribution in [1.82, 2.24) is 4.31 Å². The lowest BCUT2D eigenvalue weighted by atomic mass is 10.0. The molecule has 0 bridgehead atoms. The molecular formula is C6H10INOS. The number of amides is 1. The van der Waals surface area contributed by atoms with E-state index in [-0.39, 0.29) is 5.92 Å². The van der Waals surface area contributed by atoms with Gasteiger partial charge >= 0.3 is 0 Å². The van der Waals surface area contributed by atoms with E-state index in [1.165, 1.54) is 9.12 Å². The van der Waals surface area contributed by atoms with Crippen molar-refractivity contribution in [3.8, 4) is 0 Å². The van der Waals surface area contributed by atoms with E-state index in [1.54, 1.807) is 0 Å². The molecule has 58 valence electrons. The minimum absolute atomic E-state index is 0.246. The quantitative estimate of drug-likeness (QED) is 0.538. The van der Waals surface area contributed by atoms with Crippen molar-refractivity contribution in [2.24, 2.45) is 5.92 Å². The molecule has 0 radical (unpaired) electrons. The summed E-state index contributed by atoms with van der Waals surface area (Å²) in [7, 11) is 1.51. The van der Waals surface area contributed by atoms with Crippen molar-refractivity contribution in [2.45, 2.75) is 19.8 Å². The topological polar surface area (TPSA) is 20.3 Å². The largest absolute Gasteiger partial charge is 0.277 e. The number of nitrogens with zero attached hydrogens (tertiary/aromatic N) is 1. The van der Waals surface area contributed by atoms with Gasteiger partial charge in [-0.2, -0.15) is 0 Å². The van der Waals surface area contributed by atoms with Gasteiger partial charge in [-0.3, -0.25) is 9.10 Å². The number of hydrogen-bond acceptors (Lipinski definition) is 2. The molecule has 0 spiro atoms. The van der Waals surface area contributed by atoms with Gasteiger partial charge in [0.2, 0.25) is 5.91 Å². The van der Waals surface area contributed by atoms with Crippen molar-refractivity contribution in [3.63, 3.8) is 0 Å². The zero-order chi connectivity index (χ0) is 7.56. The minimum Gasteiger partial charge on any atom is -0.277 e. The van der Waals surface area contributed by atoms with E-state index in [9.17, 15) is 4.79 Å². The van der Waals surface area contributed by atoms with E-state index < -0.39 is 0 Å². The van der Waals surface area contributed by atoms with E-state index in [4.69, 9.17) is 0 Å². The molecule has 2 nitrogen and oxygen atoms in total. The minimum atomic E-state index is 0.246. The average Bonchev–Trinajstić information content (AvgIpc) is 1.95. The molecule has 1 amide bonds. The first-order valence-corrected chi connectivity index (χ1v) is 6.67. The molecular weight excluding hydrogens is 261 g/mol. The predicted molar refractivity (Wildman–Crippen MR) is 51.7 cm³/mol. The number of halogens is 1. The van der Waals surface area contributed by atoms with Gasteiger partial charge in [-0.05, 0) is 12.8 Å². The molecule has 1 atom stereocenters. The Hall–Kier alpha value is 0.550. The maximum atomic E-state index is 11.3. The van der Waals surface area contributed by atoms with Crippen molar-refractivity contribution >= 4 is 36.2 Å². The fraction of sp³-hybridized carbons (Fsp3) is 0.833. The molecule has 0 N–H and O–H groups in total. The summed E-state index contributed by atoms with van der Waals surface area (Å²) in [5.74, 6) is 0.543. The Kier molecular flexibility index (Phi) is 3.29. The third-order valence-corrected chi connectivity index (χ3v) is 3.70. The van der Waals surface area contributed by atoms with Crippen LogP contribution in [-0.4, -0.2) is 16.8 Å². The van der Waals surface area contributed by atoms with E-state index in [2.05, 4.69) is 21.2 Å². The van der Waals surface area contributed by atoms with Gasteiger partial charge < -0.3 is 0 Å². The Morgan fingerprint density at radius 1 is 1.80 bits per heavy atom. The molecule has 1 fully saturated rings. The van der Waals surface area contributed by atoms with Crippen LogP contribution in [-0.2, 0) is 4.79 Å². The number of carbonyl (C=O) groups is 1. The van der Waals surface area contributed by atoms with Gasteiger partial charge in [0, 0.05) is 42.8 Å². The molecule has 0 aromatic rings. The summed E-state index contributed by atoms with van der Waals surface area (Å²) in [6.07, 6.45) is 2.22. The van der Waals surface area contributed by atoms with Crippen molar-refractivity contribution < 1.29 is 4.79 Å². The van der Waals surface area contributed by atoms with Gasteiger partial charge in [0.1, 0.15) is 0 Å². The van der Waals surface area contributed by atoms with Crippen molar-refractivity contribution in [2.75, 3.05) is 6.54 Å². The summed E-state index contributed by atoms with van der Waals surface area (Å²) in [4.78, 5) is 11.3. The zero-order valence-corrected chi connectivity index (χ0v) is 8.81. The van der Waals surface area contributed by atoms with Gasteiger partial charge in [0.25, 0.3) is 0 Å². The number of rotatable bonds is 1. The zero-order valence-electron chi connectivity index (χ0n) is 5.84. The summed E-state index contributed by atoms with van der Waals surface area (Å²) in [6.45, 7) is 2.93. The first-order chi connectivity index (χ1) is 4.75. The number of piperidine rings is 1. The lowest BCUT2D eigenvalue weighted by molar-refractivity contribution is -0.131. The second-order valence-corrected chi connectivity index (χ2v) is 4.31. The molecule has 4 heteroatoms. The number of carbonyl (C=O) groups excluding carboxylic acids is 1. The van der Waals surface area contributed by atoms with Crippen molar-refractivity contribution in [1.29, 1.82) is 0 Å². The molecule has 0 aromatic carbocycles. The maximum absolute atomic E-state index is 11.3. The molecule has 1 unspecified atom stereocenters. The van der Waals surface area contributed by atoms with Gasteiger partial charge in [-0.15, -0.1) is 0 Å². The Labute approximate surface area is 77.4 Å². The van der Waals surface area contributed by atoms with Gasteiger partial charge in [-0.25, -0.2) is 0 Å². The lowest BCUT2D eigenvalue weighted by Crippen LogP contribution is -2.34. The van der Waals surface area contributed by atoms with E-state index in [1.807, 2.05) is 11.2 Å². The second kappa shape index (κ2) is 3.80. The Morgan fingerprint density at radius 2 is 2.50 bits per heavy atom. The number of hydrogen-bond donors (Lipinski definition) is 0. The highest BCUT2D eigenvalue weighted by molar-refractivity contribution is 14.2. The van der Waals surface area contributed by atoms with Gasteiger partial charge in [0.05, 0.1) is 0 Å². The van der Waals surface area contributed by atoms with Crippen molar-refractivity contribution in [3.05, 3.63) is 0 Å². The van der Waals surface area contributed by atoms with Crippen LogP contribution in [0.4, 0.5) is 0 Å². The van der Waals surface area contributed by atoms with Crippen LogP contribution >= 0.6 is 30.3 Å². The molecule has 1 aliphatic heterocycles. The third kappa shape index (κ3) is 1.78. The highest BCUT2D eigenvalue weighted by Gasteiger charge is 2.24. The predicted octanol–water partition coefficient (Wildman–Crippen LogP) is 2.24. The summed E-state index contributed by atoms with van der Waals surface area (Å²) in [6, 6.07) is 0. The first-order valence-electron chi connectivity index (χ1n) is 3.36. The van der Waals surface area contributed by atoms with E-state index >= 15 is 0 Å². The highest BCUT2D eigenvalue weighted by atomic mass is 127. The van der Waals surface area contributed by atoms with E-state index in [0.29, 0.717) is 5.91 Å². The summed E-state index contributed by atoms with van der Waals surface area (Å²) in [5.41, 5.74) is 0. The standard InChI is InChI=1S/C6H10INOS/c1-5-3-2-4-8(10-7)6(5)9/h5H,2-4H2,1H3. The fourth-order valence-corrected chi connectivity index (χ4v) is 2.71. The second-order valence-electron chi connectivity index (χ2n) is 2.55. The van der Waals surface area contributed by atoms with Crippen LogP contribution in [0.25, 0.3) is 0 Å².